The van der Waals surface area contributed by atoms with Gasteiger partial charge in [-0.3, -0.25) is 9.78 Å². The second-order valence-corrected chi connectivity index (χ2v) is 4.96. The SMILES string of the molecule is CN(C)c1cncc(Br)c1.O=Cc1ccc(F)cc1F. The number of anilines is 1. The quantitative estimate of drug-likeness (QED) is 0.780. The molecule has 0 bridgehead atoms. The molecule has 106 valence electrons. The Bertz CT molecular complexity index is 591. The third-order valence-electron chi connectivity index (χ3n) is 2.30. The minimum absolute atomic E-state index is 0.124. The highest BCUT2D eigenvalue weighted by Gasteiger charge is 2.00. The highest BCUT2D eigenvalue weighted by Crippen LogP contribution is 2.15. The summed E-state index contributed by atoms with van der Waals surface area (Å²) in [7, 11) is 3.98. The monoisotopic (exact) mass is 342 g/mol. The van der Waals surface area contributed by atoms with Gasteiger partial charge in [-0.25, -0.2) is 8.78 Å². The highest BCUT2D eigenvalue weighted by atomic mass is 79.9. The first kappa shape index (κ1) is 16.2. The van der Waals surface area contributed by atoms with Crippen LogP contribution >= 0.6 is 15.9 Å². The molecular weight excluding hydrogens is 330 g/mol. The fourth-order valence-corrected chi connectivity index (χ4v) is 1.60. The lowest BCUT2D eigenvalue weighted by Gasteiger charge is -2.10. The molecule has 6 heteroatoms. The Morgan fingerprint density at radius 1 is 1.20 bits per heavy atom. The predicted molar refractivity (Wildman–Crippen MR) is 78.0 cm³/mol. The number of pyridine rings is 1. The molecule has 0 radical (unpaired) electrons. The molecule has 0 unspecified atom stereocenters. The second-order valence-electron chi connectivity index (χ2n) is 4.04. The molecule has 3 nitrogen and oxygen atoms in total. The third-order valence-corrected chi connectivity index (χ3v) is 2.73. The number of hydrogen-bond acceptors (Lipinski definition) is 3. The Kier molecular flexibility index (Phi) is 6.24. The van der Waals surface area contributed by atoms with Crippen molar-refractivity contribution < 1.29 is 13.6 Å². The van der Waals surface area contributed by atoms with Crippen molar-refractivity contribution >= 4 is 27.9 Å². The summed E-state index contributed by atoms with van der Waals surface area (Å²) in [5.41, 5.74) is 0.982. The number of aldehydes is 1. The predicted octanol–water partition coefficient (Wildman–Crippen LogP) is 3.69. The molecule has 0 N–H and O–H groups in total. The summed E-state index contributed by atoms with van der Waals surface area (Å²) in [6.07, 6.45) is 3.94. The van der Waals surface area contributed by atoms with Crippen LogP contribution in [0.4, 0.5) is 14.5 Å². The fraction of sp³-hybridized carbons (Fsp3) is 0.143. The van der Waals surface area contributed by atoms with E-state index in [-0.39, 0.29) is 5.56 Å². The third kappa shape index (κ3) is 5.05. The molecule has 1 heterocycles. The van der Waals surface area contributed by atoms with Gasteiger partial charge >= 0.3 is 0 Å². The second kappa shape index (κ2) is 7.69. The molecule has 1 aromatic carbocycles. The van der Waals surface area contributed by atoms with Crippen molar-refractivity contribution in [2.45, 2.75) is 0 Å². The Balaban J connectivity index is 0.000000200. The summed E-state index contributed by atoms with van der Waals surface area (Å²) in [6, 6.07) is 4.82. The van der Waals surface area contributed by atoms with Crippen molar-refractivity contribution in [1.82, 2.24) is 4.98 Å². The number of carbonyl (C=O) groups excluding carboxylic acids is 1. The number of hydrogen-bond donors (Lipinski definition) is 0. The van der Waals surface area contributed by atoms with E-state index in [1.807, 2.05) is 31.3 Å². The van der Waals surface area contributed by atoms with E-state index in [0.29, 0.717) is 12.4 Å². The minimum atomic E-state index is -0.824. The summed E-state index contributed by atoms with van der Waals surface area (Å²) in [5.74, 6) is -1.50. The zero-order valence-corrected chi connectivity index (χ0v) is 12.6. The van der Waals surface area contributed by atoms with Gasteiger partial charge < -0.3 is 4.90 Å². The van der Waals surface area contributed by atoms with Crippen LogP contribution in [0.2, 0.25) is 0 Å². The van der Waals surface area contributed by atoms with Gasteiger partial charge in [0.05, 0.1) is 17.4 Å². The van der Waals surface area contributed by atoms with Gasteiger partial charge in [0.25, 0.3) is 0 Å². The Morgan fingerprint density at radius 2 is 1.90 bits per heavy atom. The Labute approximate surface area is 124 Å². The number of halogens is 3. The molecule has 0 aliphatic heterocycles. The van der Waals surface area contributed by atoms with E-state index in [9.17, 15) is 13.6 Å². The largest absolute Gasteiger partial charge is 0.376 e. The van der Waals surface area contributed by atoms with Crippen molar-refractivity contribution in [3.8, 4) is 0 Å². The average molecular weight is 343 g/mol. The molecule has 0 saturated carbocycles. The lowest BCUT2D eigenvalue weighted by Crippen LogP contribution is -2.08. The van der Waals surface area contributed by atoms with Crippen molar-refractivity contribution in [2.75, 3.05) is 19.0 Å². The van der Waals surface area contributed by atoms with Crippen molar-refractivity contribution in [2.24, 2.45) is 0 Å². The van der Waals surface area contributed by atoms with Crippen LogP contribution in [-0.2, 0) is 0 Å². The number of carbonyl (C=O) groups is 1. The summed E-state index contributed by atoms with van der Waals surface area (Å²) in [5, 5.41) is 0. The average Bonchev–Trinajstić information content (AvgIpc) is 2.39. The topological polar surface area (TPSA) is 33.2 Å². The number of rotatable bonds is 2. The van der Waals surface area contributed by atoms with Crippen LogP contribution in [0.15, 0.2) is 41.1 Å². The van der Waals surface area contributed by atoms with Gasteiger partial charge in [-0.1, -0.05) is 0 Å². The van der Waals surface area contributed by atoms with Crippen molar-refractivity contribution in [3.63, 3.8) is 0 Å². The standard InChI is InChI=1S/C7H9BrN2.C7H4F2O/c1-10(2)7-3-6(8)4-9-5-7;8-6-2-1-5(4-10)7(9)3-6/h3-5H,1-2H3;1-4H. The van der Waals surface area contributed by atoms with Gasteiger partial charge in [0.15, 0.2) is 6.29 Å². The van der Waals surface area contributed by atoms with Gasteiger partial charge in [-0.15, -0.1) is 0 Å². The first-order valence-electron chi connectivity index (χ1n) is 5.62. The molecular formula is C14H13BrF2N2O. The number of aromatic nitrogens is 1. The van der Waals surface area contributed by atoms with Crippen LogP contribution in [0, 0.1) is 11.6 Å². The smallest absolute Gasteiger partial charge is 0.152 e. The molecule has 0 amide bonds. The molecule has 2 aromatic rings. The molecule has 0 spiro atoms. The summed E-state index contributed by atoms with van der Waals surface area (Å²) in [6.45, 7) is 0. The van der Waals surface area contributed by atoms with Gasteiger partial charge in [0.1, 0.15) is 11.6 Å². The van der Waals surface area contributed by atoms with Crippen LogP contribution in [0.5, 0.6) is 0 Å². The maximum atomic E-state index is 12.4. The molecule has 2 rings (SSSR count). The van der Waals surface area contributed by atoms with E-state index in [1.54, 1.807) is 6.20 Å². The maximum absolute atomic E-state index is 12.4. The summed E-state index contributed by atoms with van der Waals surface area (Å²) >= 11 is 3.34. The molecule has 20 heavy (non-hydrogen) atoms. The zero-order valence-electron chi connectivity index (χ0n) is 11.0. The normalized spacial score (nSPS) is 9.45. The maximum Gasteiger partial charge on any atom is 0.152 e. The van der Waals surface area contributed by atoms with Gasteiger partial charge in [0.2, 0.25) is 0 Å². The van der Waals surface area contributed by atoms with Gasteiger partial charge in [-0.2, -0.15) is 0 Å². The first-order valence-corrected chi connectivity index (χ1v) is 6.41. The Hall–Kier alpha value is -1.82. The molecule has 0 fully saturated rings. The molecule has 0 aliphatic carbocycles. The molecule has 0 saturated heterocycles. The summed E-state index contributed by atoms with van der Waals surface area (Å²) < 4.78 is 25.5. The van der Waals surface area contributed by atoms with Gasteiger partial charge in [-0.05, 0) is 34.1 Å². The first-order chi connectivity index (χ1) is 9.43. The lowest BCUT2D eigenvalue weighted by atomic mass is 10.2. The van der Waals surface area contributed by atoms with Crippen LogP contribution in [0.1, 0.15) is 10.4 Å². The lowest BCUT2D eigenvalue weighted by molar-refractivity contribution is 0.111. The van der Waals surface area contributed by atoms with E-state index in [1.165, 1.54) is 0 Å². The van der Waals surface area contributed by atoms with Crippen molar-refractivity contribution in [3.05, 3.63) is 58.3 Å². The Morgan fingerprint density at radius 3 is 2.35 bits per heavy atom. The van der Waals surface area contributed by atoms with Gasteiger partial charge in [0, 0.05) is 30.8 Å². The fourth-order valence-electron chi connectivity index (χ4n) is 1.24. The van der Waals surface area contributed by atoms with Crippen LogP contribution in [-0.4, -0.2) is 25.4 Å². The minimum Gasteiger partial charge on any atom is -0.376 e. The molecule has 0 atom stereocenters. The van der Waals surface area contributed by atoms with E-state index in [4.69, 9.17) is 0 Å². The van der Waals surface area contributed by atoms with E-state index >= 15 is 0 Å². The van der Waals surface area contributed by atoms with Crippen LogP contribution in [0.3, 0.4) is 0 Å². The van der Waals surface area contributed by atoms with E-state index in [2.05, 4.69) is 20.9 Å². The summed E-state index contributed by atoms with van der Waals surface area (Å²) in [4.78, 5) is 16.0. The number of benzene rings is 1. The van der Waals surface area contributed by atoms with Crippen molar-refractivity contribution in [1.29, 1.82) is 0 Å². The number of nitrogens with zero attached hydrogens (tertiary/aromatic N) is 2. The van der Waals surface area contributed by atoms with E-state index < -0.39 is 11.6 Å². The van der Waals surface area contributed by atoms with Crippen LogP contribution < -0.4 is 4.90 Å². The molecule has 1 aromatic heterocycles. The van der Waals surface area contributed by atoms with Crippen LogP contribution in [0.25, 0.3) is 0 Å². The van der Waals surface area contributed by atoms with E-state index in [0.717, 1.165) is 22.3 Å². The zero-order chi connectivity index (χ0) is 15.1. The highest BCUT2D eigenvalue weighted by molar-refractivity contribution is 9.10. The molecule has 0 aliphatic rings.